The molecule has 46 heavy (non-hydrogen) atoms. The van der Waals surface area contributed by atoms with Crippen LogP contribution in [0.5, 0.6) is 0 Å². The van der Waals surface area contributed by atoms with Crippen molar-refractivity contribution in [2.45, 2.75) is 70.6 Å². The number of carbonyl (C=O) groups excluding carboxylic acids is 2. The van der Waals surface area contributed by atoms with Gasteiger partial charge in [0.25, 0.3) is 5.91 Å². The summed E-state index contributed by atoms with van der Waals surface area (Å²) >= 11 is 0. The van der Waals surface area contributed by atoms with Gasteiger partial charge in [0.15, 0.2) is 0 Å². The number of hydrogen-bond donors (Lipinski definition) is 4. The predicted octanol–water partition coefficient (Wildman–Crippen LogP) is 6.50. The number of hydrogen-bond acceptors (Lipinski definition) is 6. The standard InChI is InChI=1S/C37H42N2O7/c1-25(2)35-34(37(45)38-28-18-10-5-11-19-28)33(26-14-6-3-7-15-26)36(27-16-8-4-9-17-27)39(35)20-12-13-21-46-32(44)24-30(41)22-29(40)23-31(42)43/h3-11,14-19,25,29-30,40-41H,12-13,20-24H2,1-2H3,(H,38,45)(H,42,43). The Morgan fingerprint density at radius 2 is 1.35 bits per heavy atom. The van der Waals surface area contributed by atoms with Crippen molar-refractivity contribution < 1.29 is 34.4 Å². The monoisotopic (exact) mass is 626 g/mol. The molecule has 0 aliphatic heterocycles. The molecule has 4 N–H and O–H groups in total. The molecule has 4 rings (SSSR count). The lowest BCUT2D eigenvalue weighted by Gasteiger charge is -2.17. The van der Waals surface area contributed by atoms with Gasteiger partial charge in [0.05, 0.1) is 42.9 Å². The van der Waals surface area contributed by atoms with E-state index in [1.54, 1.807) is 0 Å². The number of benzene rings is 3. The SMILES string of the molecule is CC(C)c1c(C(=O)Nc2ccccc2)c(-c2ccccc2)c(-c2ccccc2)n1CCCCOC(=O)CC(O)CC(O)CC(=O)O. The van der Waals surface area contributed by atoms with E-state index in [4.69, 9.17) is 9.84 Å². The van der Waals surface area contributed by atoms with E-state index in [9.17, 15) is 24.6 Å². The Balaban J connectivity index is 1.60. The molecule has 4 aromatic rings. The molecule has 1 heterocycles. The smallest absolute Gasteiger partial charge is 0.308 e. The van der Waals surface area contributed by atoms with E-state index in [2.05, 4.69) is 23.7 Å². The Labute approximate surface area is 269 Å². The average Bonchev–Trinajstić information content (AvgIpc) is 3.37. The molecule has 0 saturated carbocycles. The highest BCUT2D eigenvalue weighted by atomic mass is 16.5. The van der Waals surface area contributed by atoms with E-state index < -0.39 is 30.6 Å². The van der Waals surface area contributed by atoms with Crippen LogP contribution in [0.15, 0.2) is 91.0 Å². The molecule has 0 aliphatic rings. The highest BCUT2D eigenvalue weighted by molar-refractivity contribution is 6.12. The number of ether oxygens (including phenoxy) is 1. The fourth-order valence-corrected chi connectivity index (χ4v) is 5.69. The molecular weight excluding hydrogens is 584 g/mol. The van der Waals surface area contributed by atoms with E-state index in [1.165, 1.54) is 0 Å². The van der Waals surface area contributed by atoms with E-state index in [1.807, 2.05) is 91.0 Å². The van der Waals surface area contributed by atoms with Gasteiger partial charge in [0.1, 0.15) is 0 Å². The largest absolute Gasteiger partial charge is 0.481 e. The number of esters is 1. The van der Waals surface area contributed by atoms with Gasteiger partial charge in [-0.1, -0.05) is 92.7 Å². The van der Waals surface area contributed by atoms with Crippen LogP contribution in [-0.4, -0.2) is 56.5 Å². The Bertz CT molecular complexity index is 1580. The van der Waals surface area contributed by atoms with Crippen LogP contribution in [0.3, 0.4) is 0 Å². The van der Waals surface area contributed by atoms with Crippen LogP contribution in [0.2, 0.25) is 0 Å². The van der Waals surface area contributed by atoms with Crippen molar-refractivity contribution in [3.8, 4) is 22.4 Å². The molecule has 1 aromatic heterocycles. The molecule has 242 valence electrons. The number of amides is 1. The molecule has 0 spiro atoms. The number of para-hydroxylation sites is 1. The zero-order valence-corrected chi connectivity index (χ0v) is 26.3. The molecule has 0 fully saturated rings. The number of nitrogens with zero attached hydrogens (tertiary/aromatic N) is 1. The molecule has 2 unspecified atom stereocenters. The summed E-state index contributed by atoms with van der Waals surface area (Å²) in [7, 11) is 0. The van der Waals surface area contributed by atoms with Crippen LogP contribution in [0.4, 0.5) is 5.69 Å². The lowest BCUT2D eigenvalue weighted by atomic mass is 9.94. The van der Waals surface area contributed by atoms with Gasteiger partial charge in [-0.25, -0.2) is 0 Å². The van der Waals surface area contributed by atoms with Crippen molar-refractivity contribution in [2.75, 3.05) is 11.9 Å². The van der Waals surface area contributed by atoms with Crippen LogP contribution in [0, 0.1) is 0 Å². The van der Waals surface area contributed by atoms with Gasteiger partial charge in [-0.2, -0.15) is 0 Å². The number of aliphatic hydroxyl groups is 2. The molecule has 0 aliphatic carbocycles. The maximum atomic E-state index is 14.1. The van der Waals surface area contributed by atoms with Crippen LogP contribution in [0.25, 0.3) is 22.4 Å². The summed E-state index contributed by atoms with van der Waals surface area (Å²) in [4.78, 5) is 37.1. The van der Waals surface area contributed by atoms with E-state index in [0.29, 0.717) is 30.6 Å². The molecular formula is C37H42N2O7. The number of nitrogens with one attached hydrogen (secondary N) is 1. The van der Waals surface area contributed by atoms with E-state index in [0.717, 1.165) is 28.1 Å². The van der Waals surface area contributed by atoms with Crippen LogP contribution < -0.4 is 5.32 Å². The van der Waals surface area contributed by atoms with E-state index >= 15 is 0 Å². The number of aliphatic carboxylic acids is 1. The topological polar surface area (TPSA) is 138 Å². The number of rotatable bonds is 16. The minimum absolute atomic E-state index is 0.00670. The quantitative estimate of drug-likeness (QED) is 0.0823. The normalized spacial score (nSPS) is 12.5. The van der Waals surface area contributed by atoms with Crippen molar-refractivity contribution in [2.24, 2.45) is 0 Å². The van der Waals surface area contributed by atoms with Gasteiger partial charge in [0, 0.05) is 29.9 Å². The Morgan fingerprint density at radius 1 is 0.783 bits per heavy atom. The van der Waals surface area contributed by atoms with Gasteiger partial charge >= 0.3 is 11.9 Å². The van der Waals surface area contributed by atoms with Gasteiger partial charge in [0.2, 0.25) is 0 Å². The highest BCUT2D eigenvalue weighted by Crippen LogP contribution is 2.42. The van der Waals surface area contributed by atoms with Crippen LogP contribution >= 0.6 is 0 Å². The number of carbonyl (C=O) groups is 3. The number of aliphatic hydroxyl groups excluding tert-OH is 2. The number of carboxylic acid groups (broad SMARTS) is 1. The van der Waals surface area contributed by atoms with Gasteiger partial charge in [-0.05, 0) is 42.0 Å². The lowest BCUT2D eigenvalue weighted by molar-refractivity contribution is -0.146. The number of unbranched alkanes of at least 4 members (excludes halogenated alkanes) is 1. The first-order valence-corrected chi connectivity index (χ1v) is 15.6. The molecule has 3 aromatic carbocycles. The Morgan fingerprint density at radius 3 is 1.93 bits per heavy atom. The maximum Gasteiger partial charge on any atom is 0.308 e. The third-order valence-corrected chi connectivity index (χ3v) is 7.61. The number of aromatic nitrogens is 1. The van der Waals surface area contributed by atoms with Crippen molar-refractivity contribution in [3.63, 3.8) is 0 Å². The summed E-state index contributed by atoms with van der Waals surface area (Å²) < 4.78 is 7.56. The summed E-state index contributed by atoms with van der Waals surface area (Å²) in [6.07, 6.45) is -2.30. The third-order valence-electron chi connectivity index (χ3n) is 7.61. The van der Waals surface area contributed by atoms with Crippen molar-refractivity contribution in [1.29, 1.82) is 0 Å². The highest BCUT2D eigenvalue weighted by Gasteiger charge is 2.30. The molecule has 9 heteroatoms. The van der Waals surface area contributed by atoms with Crippen molar-refractivity contribution >= 4 is 23.5 Å². The van der Waals surface area contributed by atoms with Crippen molar-refractivity contribution in [1.82, 2.24) is 4.57 Å². The number of carboxylic acids is 1. The molecule has 0 saturated heterocycles. The van der Waals surface area contributed by atoms with Crippen LogP contribution in [0.1, 0.15) is 67.9 Å². The zero-order valence-electron chi connectivity index (χ0n) is 26.3. The molecule has 0 radical (unpaired) electrons. The number of anilines is 1. The minimum atomic E-state index is -1.24. The second-order valence-corrected chi connectivity index (χ2v) is 11.6. The first-order chi connectivity index (χ1) is 22.2. The third kappa shape index (κ3) is 9.15. The zero-order chi connectivity index (χ0) is 33.1. The summed E-state index contributed by atoms with van der Waals surface area (Å²) in [5.41, 5.74) is 5.94. The van der Waals surface area contributed by atoms with Crippen LogP contribution in [-0.2, 0) is 20.9 Å². The summed E-state index contributed by atoms with van der Waals surface area (Å²) in [6.45, 7) is 4.86. The average molecular weight is 627 g/mol. The van der Waals surface area contributed by atoms with Crippen molar-refractivity contribution in [3.05, 3.63) is 102 Å². The fourth-order valence-electron chi connectivity index (χ4n) is 5.69. The Hall–Kier alpha value is -4.73. The second-order valence-electron chi connectivity index (χ2n) is 11.6. The second kappa shape index (κ2) is 16.5. The lowest BCUT2D eigenvalue weighted by Crippen LogP contribution is -2.23. The summed E-state index contributed by atoms with van der Waals surface area (Å²) in [5, 5.41) is 31.6. The molecule has 1 amide bonds. The van der Waals surface area contributed by atoms with E-state index in [-0.39, 0.29) is 31.3 Å². The first kappa shape index (κ1) is 34.1. The van der Waals surface area contributed by atoms with Gasteiger partial charge in [-0.15, -0.1) is 0 Å². The van der Waals surface area contributed by atoms with Gasteiger partial charge < -0.3 is 29.9 Å². The molecule has 0 bridgehead atoms. The molecule has 9 nitrogen and oxygen atoms in total. The minimum Gasteiger partial charge on any atom is -0.481 e. The summed E-state index contributed by atoms with van der Waals surface area (Å²) in [5.74, 6) is -1.98. The summed E-state index contributed by atoms with van der Waals surface area (Å²) in [6, 6.07) is 29.3. The first-order valence-electron chi connectivity index (χ1n) is 15.6. The molecule has 2 atom stereocenters. The fraction of sp³-hybridized carbons (Fsp3) is 0.324. The van der Waals surface area contributed by atoms with Gasteiger partial charge in [-0.3, -0.25) is 14.4 Å². The Kier molecular flexibility index (Phi) is 12.3. The maximum absolute atomic E-state index is 14.1. The predicted molar refractivity (Wildman–Crippen MR) is 177 cm³/mol.